The van der Waals surface area contributed by atoms with Crippen LogP contribution in [0.3, 0.4) is 0 Å². The summed E-state index contributed by atoms with van der Waals surface area (Å²) in [7, 11) is 0. The normalized spacial score (nSPS) is 18.3. The molecule has 1 aliphatic rings. The highest BCUT2D eigenvalue weighted by Gasteiger charge is 2.48. The molecule has 2 heterocycles. The summed E-state index contributed by atoms with van der Waals surface area (Å²) in [5.41, 5.74) is 3.25. The van der Waals surface area contributed by atoms with E-state index in [2.05, 4.69) is 9.97 Å². The van der Waals surface area contributed by atoms with Gasteiger partial charge in [-0.2, -0.15) is 0 Å². The van der Waals surface area contributed by atoms with Gasteiger partial charge < -0.3 is 5.11 Å². The first-order chi connectivity index (χ1) is 14.0. The molecule has 0 unspecified atom stereocenters. The number of anilines is 1. The highest BCUT2D eigenvalue weighted by molar-refractivity contribution is 6.51. The van der Waals surface area contributed by atoms with Crippen LogP contribution < -0.4 is 4.90 Å². The van der Waals surface area contributed by atoms with Gasteiger partial charge >= 0.3 is 5.91 Å². The molecule has 1 saturated heterocycles. The maximum Gasteiger partial charge on any atom is 0.302 e. The number of amides is 1. The number of aliphatic hydroxyl groups is 1. The first kappa shape index (κ1) is 18.6. The average Bonchev–Trinajstić information content (AvgIpc) is 3.00. The smallest absolute Gasteiger partial charge is 0.302 e. The lowest BCUT2D eigenvalue weighted by Gasteiger charge is -2.23. The highest BCUT2D eigenvalue weighted by atomic mass is 16.3. The SMILES string of the molecule is Cc1ccc(C(O)=C2C(=O)C(=O)N(c3ncccn3)[C@@H]2c2ccc(C)cc2)cc1. The minimum Gasteiger partial charge on any atom is -0.507 e. The number of carbonyl (C=O) groups is 2. The molecule has 4 rings (SSSR count). The molecule has 0 bridgehead atoms. The fraction of sp³-hybridized carbons (Fsp3) is 0.130. The number of aromatic nitrogens is 2. The molecule has 0 spiro atoms. The van der Waals surface area contributed by atoms with E-state index in [1.807, 2.05) is 50.2 Å². The second-order valence-electron chi connectivity index (χ2n) is 6.99. The quantitative estimate of drug-likeness (QED) is 0.422. The maximum atomic E-state index is 13.0. The van der Waals surface area contributed by atoms with Gasteiger partial charge in [0.2, 0.25) is 5.95 Å². The number of carbonyl (C=O) groups excluding carboxylic acids is 2. The molecule has 1 atom stereocenters. The molecular formula is C23H19N3O3. The Morgan fingerprint density at radius 2 is 1.45 bits per heavy atom. The number of hydrogen-bond acceptors (Lipinski definition) is 5. The lowest BCUT2D eigenvalue weighted by Crippen LogP contribution is -2.31. The topological polar surface area (TPSA) is 83.4 Å². The fourth-order valence-electron chi connectivity index (χ4n) is 3.39. The van der Waals surface area contributed by atoms with Crippen molar-refractivity contribution in [1.82, 2.24) is 9.97 Å². The van der Waals surface area contributed by atoms with Crippen molar-refractivity contribution in [2.75, 3.05) is 4.90 Å². The first-order valence-corrected chi connectivity index (χ1v) is 9.19. The monoisotopic (exact) mass is 385 g/mol. The number of rotatable bonds is 3. The average molecular weight is 385 g/mol. The maximum absolute atomic E-state index is 13.0. The van der Waals surface area contributed by atoms with Crippen LogP contribution in [0.25, 0.3) is 5.76 Å². The van der Waals surface area contributed by atoms with E-state index in [0.29, 0.717) is 11.1 Å². The van der Waals surface area contributed by atoms with E-state index in [-0.39, 0.29) is 17.3 Å². The molecule has 29 heavy (non-hydrogen) atoms. The van der Waals surface area contributed by atoms with Gasteiger partial charge in [0.15, 0.2) is 0 Å². The summed E-state index contributed by atoms with van der Waals surface area (Å²) in [6, 6.07) is 15.4. The van der Waals surface area contributed by atoms with Gasteiger partial charge in [-0.05, 0) is 25.5 Å². The summed E-state index contributed by atoms with van der Waals surface area (Å²) < 4.78 is 0. The molecule has 144 valence electrons. The number of benzene rings is 2. The molecule has 0 radical (unpaired) electrons. The molecule has 6 heteroatoms. The minimum atomic E-state index is -0.820. The largest absolute Gasteiger partial charge is 0.507 e. The van der Waals surface area contributed by atoms with Crippen LogP contribution in [0.15, 0.2) is 72.6 Å². The van der Waals surface area contributed by atoms with Gasteiger partial charge in [-0.15, -0.1) is 0 Å². The van der Waals surface area contributed by atoms with E-state index >= 15 is 0 Å². The molecule has 0 aliphatic carbocycles. The van der Waals surface area contributed by atoms with E-state index in [0.717, 1.165) is 11.1 Å². The molecule has 3 aromatic rings. The molecule has 1 N–H and O–H groups in total. The van der Waals surface area contributed by atoms with Crippen molar-refractivity contribution < 1.29 is 14.7 Å². The number of aliphatic hydroxyl groups excluding tert-OH is 1. The van der Waals surface area contributed by atoms with E-state index in [4.69, 9.17) is 0 Å². The van der Waals surface area contributed by atoms with Crippen LogP contribution in [0, 0.1) is 13.8 Å². The molecule has 1 fully saturated rings. The van der Waals surface area contributed by atoms with Gasteiger partial charge in [-0.1, -0.05) is 59.7 Å². The molecule has 2 aromatic carbocycles. The zero-order chi connectivity index (χ0) is 20.5. The summed E-state index contributed by atoms with van der Waals surface area (Å²) in [4.78, 5) is 35.4. The molecule has 1 aromatic heterocycles. The molecule has 0 saturated carbocycles. The van der Waals surface area contributed by atoms with Crippen molar-refractivity contribution >= 4 is 23.4 Å². The van der Waals surface area contributed by atoms with Crippen LogP contribution in [0.4, 0.5) is 5.95 Å². The van der Waals surface area contributed by atoms with Gasteiger partial charge in [0, 0.05) is 18.0 Å². The van der Waals surface area contributed by atoms with Crippen molar-refractivity contribution in [1.29, 1.82) is 0 Å². The zero-order valence-electron chi connectivity index (χ0n) is 16.0. The Kier molecular flexibility index (Phi) is 4.68. The van der Waals surface area contributed by atoms with Crippen molar-refractivity contribution in [3.63, 3.8) is 0 Å². The van der Waals surface area contributed by atoms with Gasteiger partial charge in [-0.3, -0.25) is 14.5 Å². The lowest BCUT2D eigenvalue weighted by atomic mass is 9.94. The Morgan fingerprint density at radius 1 is 0.897 bits per heavy atom. The first-order valence-electron chi connectivity index (χ1n) is 9.19. The Morgan fingerprint density at radius 3 is 2.03 bits per heavy atom. The van der Waals surface area contributed by atoms with E-state index in [1.165, 1.54) is 17.3 Å². The third kappa shape index (κ3) is 3.29. The van der Waals surface area contributed by atoms with E-state index in [1.54, 1.807) is 18.2 Å². The molecule has 6 nitrogen and oxygen atoms in total. The van der Waals surface area contributed by atoms with Crippen molar-refractivity contribution in [3.8, 4) is 0 Å². The number of hydrogen-bond donors (Lipinski definition) is 1. The van der Waals surface area contributed by atoms with Crippen LogP contribution in [0.5, 0.6) is 0 Å². The fourth-order valence-corrected chi connectivity index (χ4v) is 3.39. The summed E-state index contributed by atoms with van der Waals surface area (Å²) in [6.45, 7) is 3.88. The Hall–Kier alpha value is -3.80. The lowest BCUT2D eigenvalue weighted by molar-refractivity contribution is -0.132. The summed E-state index contributed by atoms with van der Waals surface area (Å²) in [5.74, 6) is -1.63. The summed E-state index contributed by atoms with van der Waals surface area (Å²) in [5, 5.41) is 11.0. The van der Waals surface area contributed by atoms with Gasteiger partial charge in [0.1, 0.15) is 5.76 Å². The van der Waals surface area contributed by atoms with Crippen LogP contribution in [-0.2, 0) is 9.59 Å². The van der Waals surface area contributed by atoms with E-state index < -0.39 is 17.7 Å². The third-order valence-electron chi connectivity index (χ3n) is 4.93. The minimum absolute atomic E-state index is 0.0233. The molecular weight excluding hydrogens is 366 g/mol. The Balaban J connectivity index is 1.94. The summed E-state index contributed by atoms with van der Waals surface area (Å²) in [6.07, 6.45) is 3.02. The second kappa shape index (κ2) is 7.31. The van der Waals surface area contributed by atoms with E-state index in [9.17, 15) is 14.7 Å². The number of aryl methyl sites for hydroxylation is 2. The van der Waals surface area contributed by atoms with Crippen molar-refractivity contribution in [3.05, 3.63) is 94.8 Å². The van der Waals surface area contributed by atoms with Crippen LogP contribution in [0.1, 0.15) is 28.3 Å². The van der Waals surface area contributed by atoms with Crippen LogP contribution in [0.2, 0.25) is 0 Å². The molecule has 1 amide bonds. The van der Waals surface area contributed by atoms with Crippen molar-refractivity contribution in [2.45, 2.75) is 19.9 Å². The number of ketones is 1. The predicted molar refractivity (Wildman–Crippen MR) is 109 cm³/mol. The second-order valence-corrected chi connectivity index (χ2v) is 6.99. The van der Waals surface area contributed by atoms with Crippen LogP contribution in [-0.4, -0.2) is 26.8 Å². The number of nitrogens with zero attached hydrogens (tertiary/aromatic N) is 3. The van der Waals surface area contributed by atoms with Gasteiger partial charge in [-0.25, -0.2) is 9.97 Å². The standard InChI is InChI=1S/C23H19N3O3/c1-14-4-8-16(9-5-14)19-18(20(27)17-10-6-15(2)7-11-17)21(28)22(29)26(19)23-24-12-3-13-25-23/h3-13,19,27H,1-2H3/t19-/m1/s1. The zero-order valence-corrected chi connectivity index (χ0v) is 16.0. The van der Waals surface area contributed by atoms with Crippen molar-refractivity contribution in [2.24, 2.45) is 0 Å². The van der Waals surface area contributed by atoms with Gasteiger partial charge in [0.25, 0.3) is 5.78 Å². The number of Topliss-reactive ketones (excluding diaryl/α,β-unsaturated/α-hetero) is 1. The Bertz CT molecular complexity index is 1100. The third-order valence-corrected chi connectivity index (χ3v) is 4.93. The predicted octanol–water partition coefficient (Wildman–Crippen LogP) is 3.72. The molecule has 1 aliphatic heterocycles. The van der Waals surface area contributed by atoms with Crippen LogP contribution >= 0.6 is 0 Å². The Labute approximate surface area is 168 Å². The van der Waals surface area contributed by atoms with Gasteiger partial charge in [0.05, 0.1) is 11.6 Å². The summed E-state index contributed by atoms with van der Waals surface area (Å²) >= 11 is 0. The highest BCUT2D eigenvalue weighted by Crippen LogP contribution is 2.40.